The van der Waals surface area contributed by atoms with E-state index in [9.17, 15) is 0 Å². The normalized spacial score (nSPS) is 8.40. The molecule has 0 aliphatic heterocycles. The predicted octanol–water partition coefficient (Wildman–Crippen LogP) is 0.718. The summed E-state index contributed by atoms with van der Waals surface area (Å²) in [7, 11) is 0. The summed E-state index contributed by atoms with van der Waals surface area (Å²) in [5.74, 6) is 0. The number of nitrogens with two attached hydrogens (primary N) is 1. The molecule has 0 fully saturated rings. The summed E-state index contributed by atoms with van der Waals surface area (Å²) in [5.41, 5.74) is 5.05. The van der Waals surface area contributed by atoms with Crippen LogP contribution in [0.2, 0.25) is 0 Å². The van der Waals surface area contributed by atoms with Crippen molar-refractivity contribution in [2.45, 2.75) is 26.7 Å². The van der Waals surface area contributed by atoms with Crippen LogP contribution >= 0.6 is 0 Å². The minimum Gasteiger partial charge on any atom is -0.397 e. The van der Waals surface area contributed by atoms with Crippen molar-refractivity contribution < 1.29 is 9.84 Å². The number of aliphatic hydroxyl groups excluding tert-OH is 1. The average Bonchev–Trinajstić information content (AvgIpc) is 1.91. The lowest BCUT2D eigenvalue weighted by Gasteiger charge is -1.94. The maximum absolute atomic E-state index is 7.57. The van der Waals surface area contributed by atoms with Crippen LogP contribution in [0.15, 0.2) is 0 Å². The maximum atomic E-state index is 7.57. The van der Waals surface area contributed by atoms with E-state index in [1.165, 1.54) is 6.42 Å². The molecule has 0 aliphatic rings. The number of unbranched alkanes of at least 4 members (excludes halogenated alkanes) is 1. The fourth-order valence-electron chi connectivity index (χ4n) is 0.330. The van der Waals surface area contributed by atoms with Crippen LogP contribution in [-0.2, 0) is 4.74 Å². The van der Waals surface area contributed by atoms with Crippen molar-refractivity contribution in [2.24, 2.45) is 5.73 Å². The van der Waals surface area contributed by atoms with Crippen molar-refractivity contribution in [2.75, 3.05) is 19.9 Å². The molecule has 0 aromatic heterocycles. The molecule has 0 atom stereocenters. The van der Waals surface area contributed by atoms with Crippen molar-refractivity contribution in [1.29, 1.82) is 0 Å². The van der Waals surface area contributed by atoms with Crippen LogP contribution in [0.1, 0.15) is 26.7 Å². The van der Waals surface area contributed by atoms with Crippen molar-refractivity contribution in [3.05, 3.63) is 0 Å². The van der Waals surface area contributed by atoms with Crippen molar-refractivity contribution in [3.63, 3.8) is 0 Å². The maximum Gasteiger partial charge on any atom is 0.0940 e. The largest absolute Gasteiger partial charge is 0.397 e. The zero-order valence-corrected chi connectivity index (χ0v) is 6.97. The molecule has 3 heteroatoms. The molecule has 0 rings (SSSR count). The Balaban J connectivity index is 0. The highest BCUT2D eigenvalue weighted by molar-refractivity contribution is 4.27. The highest BCUT2D eigenvalue weighted by Gasteiger charge is 1.78. The number of rotatable bonds is 4. The Hall–Kier alpha value is -0.120. The van der Waals surface area contributed by atoms with Crippen LogP contribution in [0.3, 0.4) is 0 Å². The van der Waals surface area contributed by atoms with Crippen molar-refractivity contribution in [1.82, 2.24) is 0 Å². The van der Waals surface area contributed by atoms with Gasteiger partial charge in [-0.3, -0.25) is 0 Å². The van der Waals surface area contributed by atoms with Crippen LogP contribution in [0.25, 0.3) is 0 Å². The molecule has 3 N–H and O–H groups in total. The molecule has 0 saturated carbocycles. The topological polar surface area (TPSA) is 55.5 Å². The van der Waals surface area contributed by atoms with Gasteiger partial charge in [-0.15, -0.1) is 0 Å². The fourth-order valence-corrected chi connectivity index (χ4v) is 0.330. The van der Waals surface area contributed by atoms with Crippen molar-refractivity contribution >= 4 is 0 Å². The van der Waals surface area contributed by atoms with E-state index < -0.39 is 0 Å². The molecule has 3 nitrogen and oxygen atoms in total. The molecule has 10 heavy (non-hydrogen) atoms. The molecule has 0 aromatic carbocycles. The molecular weight excluding hydrogens is 130 g/mol. The van der Waals surface area contributed by atoms with Gasteiger partial charge in [0, 0.05) is 13.2 Å². The third-order valence-corrected chi connectivity index (χ3v) is 0.760. The summed E-state index contributed by atoms with van der Waals surface area (Å²) in [6.45, 7) is 5.23. The van der Waals surface area contributed by atoms with E-state index in [-0.39, 0.29) is 6.61 Å². The van der Waals surface area contributed by atoms with Crippen LogP contribution < -0.4 is 5.73 Å². The Labute approximate surface area is 63.2 Å². The summed E-state index contributed by atoms with van der Waals surface area (Å²) >= 11 is 0. The zero-order valence-electron chi connectivity index (χ0n) is 6.97. The first-order valence-electron chi connectivity index (χ1n) is 3.72. The Morgan fingerprint density at radius 3 is 2.20 bits per heavy atom. The van der Waals surface area contributed by atoms with Gasteiger partial charge in [0.1, 0.15) is 0 Å². The van der Waals surface area contributed by atoms with E-state index in [1.807, 2.05) is 0 Å². The van der Waals surface area contributed by atoms with E-state index in [4.69, 9.17) is 15.6 Å². The second-order valence-electron chi connectivity index (χ2n) is 1.74. The summed E-state index contributed by atoms with van der Waals surface area (Å²) in [6.07, 6.45) is 2.30. The summed E-state index contributed by atoms with van der Waals surface area (Å²) in [4.78, 5) is 0. The highest BCUT2D eigenvalue weighted by Crippen LogP contribution is 1.84. The Morgan fingerprint density at radius 1 is 1.40 bits per heavy atom. The molecule has 0 spiro atoms. The monoisotopic (exact) mass is 149 g/mol. The van der Waals surface area contributed by atoms with Gasteiger partial charge in [0.2, 0.25) is 0 Å². The quantitative estimate of drug-likeness (QED) is 0.457. The summed E-state index contributed by atoms with van der Waals surface area (Å²) in [6, 6.07) is 0. The summed E-state index contributed by atoms with van der Waals surface area (Å²) < 4.78 is 4.85. The van der Waals surface area contributed by atoms with Gasteiger partial charge in [-0.05, 0) is 13.3 Å². The van der Waals surface area contributed by atoms with E-state index in [0.717, 1.165) is 13.0 Å². The predicted molar refractivity (Wildman–Crippen MR) is 42.7 cm³/mol. The fraction of sp³-hybridized carbons (Fsp3) is 1.00. The average molecular weight is 149 g/mol. The number of aliphatic hydroxyl groups is 1. The highest BCUT2D eigenvalue weighted by atomic mass is 16.5. The third-order valence-electron chi connectivity index (χ3n) is 0.760. The van der Waals surface area contributed by atoms with Crippen LogP contribution in [0.4, 0.5) is 0 Å². The molecule has 0 amide bonds. The second kappa shape index (κ2) is 15.9. The van der Waals surface area contributed by atoms with E-state index >= 15 is 0 Å². The molecule has 0 aromatic rings. The Kier molecular flexibility index (Phi) is 20.0. The minimum absolute atomic E-state index is 0.250. The zero-order chi connectivity index (χ0) is 8.24. The minimum atomic E-state index is 0.250. The first kappa shape index (κ1) is 12.5. The van der Waals surface area contributed by atoms with Gasteiger partial charge in [0.05, 0.1) is 6.73 Å². The first-order valence-corrected chi connectivity index (χ1v) is 3.72. The third kappa shape index (κ3) is 24.8. The number of hydrogen-bond donors (Lipinski definition) is 2. The van der Waals surface area contributed by atoms with Gasteiger partial charge in [-0.25, -0.2) is 0 Å². The number of ether oxygens (including phenoxy) is 1. The van der Waals surface area contributed by atoms with E-state index in [1.54, 1.807) is 6.92 Å². The van der Waals surface area contributed by atoms with Crippen LogP contribution in [0.5, 0.6) is 0 Å². The molecule has 0 heterocycles. The smallest absolute Gasteiger partial charge is 0.0940 e. The van der Waals surface area contributed by atoms with Gasteiger partial charge in [0.15, 0.2) is 0 Å². The molecule has 64 valence electrons. The second-order valence-corrected chi connectivity index (χ2v) is 1.74. The van der Waals surface area contributed by atoms with Crippen LogP contribution in [0, 0.1) is 0 Å². The van der Waals surface area contributed by atoms with Gasteiger partial charge in [-0.1, -0.05) is 13.3 Å². The van der Waals surface area contributed by atoms with Gasteiger partial charge in [0.25, 0.3) is 0 Å². The molecule has 0 unspecified atom stereocenters. The Morgan fingerprint density at radius 2 is 1.90 bits per heavy atom. The molecule has 0 radical (unpaired) electrons. The van der Waals surface area contributed by atoms with Gasteiger partial charge >= 0.3 is 0 Å². The standard InChI is InChI=1S/C5H13NO.C2H6O/c1-2-3-4-7-5-6;1-2-3/h2-6H2,1H3;3H,2H2,1H3. The molecule has 0 bridgehead atoms. The van der Waals surface area contributed by atoms with E-state index in [2.05, 4.69) is 6.92 Å². The molecule has 0 aliphatic carbocycles. The molecular formula is C7H19NO2. The van der Waals surface area contributed by atoms with Gasteiger partial charge < -0.3 is 15.6 Å². The first-order chi connectivity index (χ1) is 4.83. The lowest BCUT2D eigenvalue weighted by Crippen LogP contribution is -2.04. The summed E-state index contributed by atoms with van der Waals surface area (Å²) in [5, 5.41) is 7.57. The molecule has 0 saturated heterocycles. The number of hydrogen-bond acceptors (Lipinski definition) is 3. The SMILES string of the molecule is CCCCOCN.CCO. The lowest BCUT2D eigenvalue weighted by molar-refractivity contribution is 0.138. The van der Waals surface area contributed by atoms with E-state index in [0.29, 0.717) is 6.73 Å². The lowest BCUT2D eigenvalue weighted by atomic mass is 10.4. The van der Waals surface area contributed by atoms with Gasteiger partial charge in [-0.2, -0.15) is 0 Å². The Bertz CT molecular complexity index is 38.6. The van der Waals surface area contributed by atoms with Crippen LogP contribution in [-0.4, -0.2) is 25.1 Å². The van der Waals surface area contributed by atoms with Crippen molar-refractivity contribution in [3.8, 4) is 0 Å².